The van der Waals surface area contributed by atoms with Gasteiger partial charge in [-0.2, -0.15) is 4.98 Å². The van der Waals surface area contributed by atoms with Crippen molar-refractivity contribution in [1.29, 1.82) is 0 Å². The van der Waals surface area contributed by atoms with E-state index in [-0.39, 0.29) is 27.4 Å². The van der Waals surface area contributed by atoms with Crippen molar-refractivity contribution in [1.82, 2.24) is 20.4 Å². The van der Waals surface area contributed by atoms with Crippen molar-refractivity contribution in [3.63, 3.8) is 0 Å². The lowest BCUT2D eigenvalue weighted by atomic mass is 9.39. The van der Waals surface area contributed by atoms with E-state index >= 15 is 0 Å². The van der Waals surface area contributed by atoms with Crippen LogP contribution in [0.25, 0.3) is 10.2 Å². The minimum absolute atomic E-state index is 0.0618. The summed E-state index contributed by atoms with van der Waals surface area (Å²) in [7, 11) is 0. The molecule has 0 radical (unpaired) electrons. The average Bonchev–Trinajstić information content (AvgIpc) is 3.06. The summed E-state index contributed by atoms with van der Waals surface area (Å²) in [5.41, 5.74) is 1.05. The molecule has 4 aliphatic rings. The molecule has 0 spiro atoms. The summed E-state index contributed by atoms with van der Waals surface area (Å²) in [6.07, 6.45) is 6.91. The number of fused-ring (bicyclic) bond motifs is 1. The van der Waals surface area contributed by atoms with E-state index in [1.165, 1.54) is 9.71 Å². The molecule has 9 heteroatoms. The predicted octanol–water partition coefficient (Wildman–Crippen LogP) is 4.40. The summed E-state index contributed by atoms with van der Waals surface area (Å²) in [4.78, 5) is 21.8. The molecular weight excluding hydrogens is 460 g/mol. The van der Waals surface area contributed by atoms with Gasteiger partial charge in [-0.05, 0) is 56.6 Å². The summed E-state index contributed by atoms with van der Waals surface area (Å²) in [5, 5.41) is 8.26. The Morgan fingerprint density at radius 1 is 1.29 bits per heavy atom. The van der Waals surface area contributed by atoms with Gasteiger partial charge in [0.05, 0.1) is 15.0 Å². The molecule has 7 rings (SSSR count). The van der Waals surface area contributed by atoms with Crippen LogP contribution in [0.5, 0.6) is 0 Å². The van der Waals surface area contributed by atoms with Gasteiger partial charge in [-0.1, -0.05) is 21.1 Å². The van der Waals surface area contributed by atoms with E-state index < -0.39 is 0 Å². The van der Waals surface area contributed by atoms with Gasteiger partial charge in [0.2, 0.25) is 5.89 Å². The van der Waals surface area contributed by atoms with Crippen LogP contribution in [0.3, 0.4) is 0 Å². The lowest BCUT2D eigenvalue weighted by Crippen LogP contribution is -2.76. The molecule has 144 valence electrons. The molecule has 4 fully saturated rings. The molecular formula is C19H17BrN4O2S2. The maximum Gasteiger partial charge on any atom is 0.293 e. The molecule has 28 heavy (non-hydrogen) atoms. The Morgan fingerprint density at radius 2 is 2.07 bits per heavy atom. The number of thiazole rings is 1. The second-order valence-electron chi connectivity index (χ2n) is 8.30. The van der Waals surface area contributed by atoms with Crippen LogP contribution in [0.4, 0.5) is 0 Å². The number of amides is 1. The summed E-state index contributed by atoms with van der Waals surface area (Å²) >= 11 is 7.01. The third-order valence-electron chi connectivity index (χ3n) is 6.33. The Labute approximate surface area is 178 Å². The van der Waals surface area contributed by atoms with Gasteiger partial charge < -0.3 is 9.84 Å². The van der Waals surface area contributed by atoms with Gasteiger partial charge in [0.15, 0.2) is 0 Å². The first-order valence-electron chi connectivity index (χ1n) is 9.23. The van der Waals surface area contributed by atoms with Crippen LogP contribution in [0.1, 0.15) is 53.6 Å². The fraction of sp³-hybridized carbons (Fsp3) is 0.474. The van der Waals surface area contributed by atoms with E-state index in [0.717, 1.165) is 42.1 Å². The standard InChI is InChI=1S/C19H17BrN4O2S2/c1-27-19(4-5-19)15-22-13(24-26-15)14(25)23-18-7-17(8-18,9-18)16-21-11-3-2-10(20)6-12(11)28-16/h2-3,6H,4-5,7-9H2,1H3,(H,23,25). The zero-order chi connectivity index (χ0) is 19.1. The zero-order valence-electron chi connectivity index (χ0n) is 15.1. The third kappa shape index (κ3) is 2.39. The first-order valence-corrected chi connectivity index (χ1v) is 12.1. The minimum Gasteiger partial charge on any atom is -0.344 e. The van der Waals surface area contributed by atoms with Crippen molar-refractivity contribution in [3.05, 3.63) is 39.4 Å². The normalized spacial score (nSPS) is 29.2. The number of aromatic nitrogens is 3. The molecule has 2 aromatic heterocycles. The molecule has 0 saturated heterocycles. The molecule has 2 heterocycles. The quantitative estimate of drug-likeness (QED) is 0.587. The Morgan fingerprint density at radius 3 is 2.79 bits per heavy atom. The number of carbonyl (C=O) groups excluding carboxylic acids is 1. The number of rotatable bonds is 5. The molecule has 1 aromatic carbocycles. The van der Waals surface area contributed by atoms with Gasteiger partial charge in [-0.3, -0.25) is 4.79 Å². The van der Waals surface area contributed by atoms with Crippen molar-refractivity contribution >= 4 is 55.2 Å². The summed E-state index contributed by atoms with van der Waals surface area (Å²) in [5.74, 6) is 0.507. The molecule has 4 saturated carbocycles. The van der Waals surface area contributed by atoms with E-state index in [2.05, 4.69) is 43.5 Å². The smallest absolute Gasteiger partial charge is 0.293 e. The first kappa shape index (κ1) is 17.4. The van der Waals surface area contributed by atoms with Crippen LogP contribution >= 0.6 is 39.0 Å². The van der Waals surface area contributed by atoms with Crippen LogP contribution < -0.4 is 5.32 Å². The zero-order valence-corrected chi connectivity index (χ0v) is 18.3. The Kier molecular flexibility index (Phi) is 3.47. The van der Waals surface area contributed by atoms with Crippen molar-refractivity contribution in [2.75, 3.05) is 6.26 Å². The van der Waals surface area contributed by atoms with Gasteiger partial charge in [-0.15, -0.1) is 23.1 Å². The van der Waals surface area contributed by atoms with Gasteiger partial charge in [-0.25, -0.2) is 4.98 Å². The van der Waals surface area contributed by atoms with Crippen molar-refractivity contribution in [3.8, 4) is 0 Å². The van der Waals surface area contributed by atoms with Crippen LogP contribution in [0, 0.1) is 0 Å². The highest BCUT2D eigenvalue weighted by molar-refractivity contribution is 9.10. The Balaban J connectivity index is 1.15. The molecule has 1 N–H and O–H groups in total. The first-order chi connectivity index (χ1) is 13.4. The molecule has 0 unspecified atom stereocenters. The number of nitrogens with one attached hydrogen (secondary N) is 1. The third-order valence-corrected chi connectivity index (χ3v) is 9.45. The second-order valence-corrected chi connectivity index (χ2v) is 11.4. The summed E-state index contributed by atoms with van der Waals surface area (Å²) in [6, 6.07) is 6.20. The molecule has 0 aliphatic heterocycles. The van der Waals surface area contributed by atoms with Crippen LogP contribution in [0.2, 0.25) is 0 Å². The van der Waals surface area contributed by atoms with Gasteiger partial charge in [0.25, 0.3) is 11.7 Å². The molecule has 4 aliphatic carbocycles. The fourth-order valence-corrected chi connectivity index (χ4v) is 7.16. The fourth-order valence-electron chi connectivity index (χ4n) is 4.69. The molecule has 1 amide bonds. The minimum atomic E-state index is -0.228. The maximum absolute atomic E-state index is 12.6. The number of benzene rings is 1. The van der Waals surface area contributed by atoms with Gasteiger partial charge >= 0.3 is 0 Å². The van der Waals surface area contributed by atoms with Crippen molar-refractivity contribution < 1.29 is 9.32 Å². The second kappa shape index (κ2) is 5.58. The Hall–Kier alpha value is -1.45. The topological polar surface area (TPSA) is 80.9 Å². The number of hydrogen-bond acceptors (Lipinski definition) is 7. The molecule has 0 atom stereocenters. The van der Waals surface area contributed by atoms with E-state index in [1.807, 2.05) is 12.3 Å². The SMILES string of the molecule is CSC1(c2nc(C(=O)NC34CC(c5nc6ccc(Br)cc6s5)(C3)C4)no2)CC1. The van der Waals surface area contributed by atoms with Crippen LogP contribution in [-0.2, 0) is 10.2 Å². The van der Waals surface area contributed by atoms with E-state index in [4.69, 9.17) is 9.51 Å². The highest BCUT2D eigenvalue weighted by Gasteiger charge is 2.70. The van der Waals surface area contributed by atoms with E-state index in [1.54, 1.807) is 23.1 Å². The molecule has 2 bridgehead atoms. The largest absolute Gasteiger partial charge is 0.344 e. The monoisotopic (exact) mass is 476 g/mol. The van der Waals surface area contributed by atoms with Crippen LogP contribution in [0.15, 0.2) is 27.2 Å². The maximum atomic E-state index is 12.6. The lowest BCUT2D eigenvalue weighted by molar-refractivity contribution is -0.0809. The van der Waals surface area contributed by atoms with E-state index in [0.29, 0.717) is 5.89 Å². The van der Waals surface area contributed by atoms with Crippen LogP contribution in [-0.4, -0.2) is 32.8 Å². The Bertz CT molecular complexity index is 1120. The van der Waals surface area contributed by atoms with Gasteiger partial charge in [0, 0.05) is 15.4 Å². The van der Waals surface area contributed by atoms with Gasteiger partial charge in [0.1, 0.15) is 5.01 Å². The summed E-state index contributed by atoms with van der Waals surface area (Å²) in [6.45, 7) is 0. The highest BCUT2D eigenvalue weighted by Crippen LogP contribution is 2.68. The lowest BCUT2D eigenvalue weighted by Gasteiger charge is -2.69. The number of hydrogen-bond donors (Lipinski definition) is 1. The number of nitrogens with zero attached hydrogens (tertiary/aromatic N) is 3. The number of halogens is 1. The molecule has 6 nitrogen and oxygen atoms in total. The highest BCUT2D eigenvalue weighted by atomic mass is 79.9. The van der Waals surface area contributed by atoms with E-state index in [9.17, 15) is 4.79 Å². The summed E-state index contributed by atoms with van der Waals surface area (Å²) < 4.78 is 7.58. The molecule has 3 aromatic rings. The predicted molar refractivity (Wildman–Crippen MR) is 112 cm³/mol. The number of carbonyl (C=O) groups is 1. The van der Waals surface area contributed by atoms with Crippen molar-refractivity contribution in [2.45, 2.75) is 47.8 Å². The van der Waals surface area contributed by atoms with Crippen molar-refractivity contribution in [2.24, 2.45) is 0 Å². The number of thioether (sulfide) groups is 1. The average molecular weight is 477 g/mol.